The topological polar surface area (TPSA) is 20.2 Å². The first-order valence-electron chi connectivity index (χ1n) is 3.68. The van der Waals surface area contributed by atoms with Crippen LogP contribution in [0.2, 0.25) is 0 Å². The van der Waals surface area contributed by atoms with Gasteiger partial charge in [0, 0.05) is 4.47 Å². The van der Waals surface area contributed by atoms with Crippen molar-refractivity contribution in [3.05, 3.63) is 34.3 Å². The van der Waals surface area contributed by atoms with Gasteiger partial charge in [-0.3, -0.25) is 0 Å². The van der Waals surface area contributed by atoms with Crippen LogP contribution in [-0.2, 0) is 6.61 Å². The minimum Gasteiger partial charge on any atom is -0.392 e. The van der Waals surface area contributed by atoms with Gasteiger partial charge in [0.05, 0.1) is 6.61 Å². The molecule has 0 unspecified atom stereocenters. The SMILES string of the molecule is CC.OCc1ccc(Br)cc1. The van der Waals surface area contributed by atoms with Crippen LogP contribution in [0.4, 0.5) is 0 Å². The molecule has 0 radical (unpaired) electrons. The molecule has 11 heavy (non-hydrogen) atoms. The molecule has 0 aliphatic heterocycles. The van der Waals surface area contributed by atoms with Gasteiger partial charge in [-0.05, 0) is 17.7 Å². The minimum atomic E-state index is 0.118. The van der Waals surface area contributed by atoms with Crippen molar-refractivity contribution in [2.45, 2.75) is 20.5 Å². The molecule has 1 rings (SSSR count). The highest BCUT2D eigenvalue weighted by Gasteiger charge is 1.86. The summed E-state index contributed by atoms with van der Waals surface area (Å²) < 4.78 is 1.04. The average molecular weight is 217 g/mol. The Hall–Kier alpha value is -0.340. The van der Waals surface area contributed by atoms with Crippen LogP contribution >= 0.6 is 15.9 Å². The van der Waals surface area contributed by atoms with Crippen LogP contribution in [-0.4, -0.2) is 5.11 Å². The predicted molar refractivity (Wildman–Crippen MR) is 51.4 cm³/mol. The lowest BCUT2D eigenvalue weighted by Crippen LogP contribution is -1.79. The molecule has 0 aliphatic carbocycles. The highest BCUT2D eigenvalue weighted by Crippen LogP contribution is 2.09. The summed E-state index contributed by atoms with van der Waals surface area (Å²) in [7, 11) is 0. The molecule has 0 atom stereocenters. The third-order valence-electron chi connectivity index (χ3n) is 1.10. The molecule has 0 saturated heterocycles. The zero-order valence-corrected chi connectivity index (χ0v) is 8.43. The van der Waals surface area contributed by atoms with Crippen molar-refractivity contribution in [1.29, 1.82) is 0 Å². The largest absolute Gasteiger partial charge is 0.392 e. The van der Waals surface area contributed by atoms with Gasteiger partial charge >= 0.3 is 0 Å². The van der Waals surface area contributed by atoms with Crippen LogP contribution in [0.3, 0.4) is 0 Å². The van der Waals surface area contributed by atoms with Gasteiger partial charge in [0.25, 0.3) is 0 Å². The summed E-state index contributed by atoms with van der Waals surface area (Å²) in [5.74, 6) is 0. The molecular formula is C9H13BrO. The van der Waals surface area contributed by atoms with Gasteiger partial charge in [-0.1, -0.05) is 41.9 Å². The highest BCUT2D eigenvalue weighted by molar-refractivity contribution is 9.10. The van der Waals surface area contributed by atoms with Gasteiger partial charge in [0.1, 0.15) is 0 Å². The van der Waals surface area contributed by atoms with Crippen molar-refractivity contribution < 1.29 is 5.11 Å². The monoisotopic (exact) mass is 216 g/mol. The normalized spacial score (nSPS) is 8.36. The molecule has 1 aromatic carbocycles. The molecule has 0 amide bonds. The maximum Gasteiger partial charge on any atom is 0.0681 e. The molecule has 0 aliphatic rings. The summed E-state index contributed by atoms with van der Waals surface area (Å²) in [5, 5.41) is 8.61. The summed E-state index contributed by atoms with van der Waals surface area (Å²) in [6, 6.07) is 7.57. The van der Waals surface area contributed by atoms with E-state index in [1.54, 1.807) is 0 Å². The third kappa shape index (κ3) is 4.17. The number of hydrogen-bond donors (Lipinski definition) is 1. The van der Waals surface area contributed by atoms with Gasteiger partial charge in [-0.2, -0.15) is 0 Å². The average Bonchev–Trinajstić information content (AvgIpc) is 2.10. The van der Waals surface area contributed by atoms with Gasteiger partial charge in [0.2, 0.25) is 0 Å². The summed E-state index contributed by atoms with van der Waals surface area (Å²) in [6.07, 6.45) is 0. The quantitative estimate of drug-likeness (QED) is 0.766. The van der Waals surface area contributed by atoms with Crippen molar-refractivity contribution in [1.82, 2.24) is 0 Å². The van der Waals surface area contributed by atoms with Gasteiger partial charge in [-0.15, -0.1) is 0 Å². The summed E-state index contributed by atoms with van der Waals surface area (Å²) in [5.41, 5.74) is 0.943. The molecule has 2 heteroatoms. The van der Waals surface area contributed by atoms with Crippen LogP contribution in [0.5, 0.6) is 0 Å². The Balaban J connectivity index is 0.000000461. The van der Waals surface area contributed by atoms with Gasteiger partial charge in [0.15, 0.2) is 0 Å². The Morgan fingerprint density at radius 2 is 1.64 bits per heavy atom. The fourth-order valence-electron chi connectivity index (χ4n) is 0.590. The van der Waals surface area contributed by atoms with E-state index in [0.717, 1.165) is 10.0 Å². The lowest BCUT2D eigenvalue weighted by molar-refractivity contribution is 0.282. The predicted octanol–water partition coefficient (Wildman–Crippen LogP) is 2.97. The number of aliphatic hydroxyl groups excluding tert-OH is 1. The second-order valence-electron chi connectivity index (χ2n) is 1.78. The Morgan fingerprint density at radius 3 is 2.00 bits per heavy atom. The standard InChI is InChI=1S/C7H7BrO.C2H6/c8-7-3-1-6(5-9)2-4-7;1-2/h1-4,9H,5H2;1-2H3. The van der Waals surface area contributed by atoms with E-state index in [4.69, 9.17) is 5.11 Å². The maximum atomic E-state index is 8.61. The lowest BCUT2D eigenvalue weighted by Gasteiger charge is -1.92. The van der Waals surface area contributed by atoms with E-state index in [2.05, 4.69) is 15.9 Å². The van der Waals surface area contributed by atoms with Crippen LogP contribution in [0.1, 0.15) is 19.4 Å². The van der Waals surface area contributed by atoms with Crippen LogP contribution in [0.15, 0.2) is 28.7 Å². The molecule has 0 spiro atoms. The summed E-state index contributed by atoms with van der Waals surface area (Å²) in [6.45, 7) is 4.12. The van der Waals surface area contributed by atoms with Crippen molar-refractivity contribution in [2.24, 2.45) is 0 Å². The Morgan fingerprint density at radius 1 is 1.18 bits per heavy atom. The highest BCUT2D eigenvalue weighted by atomic mass is 79.9. The van der Waals surface area contributed by atoms with E-state index >= 15 is 0 Å². The molecule has 1 aromatic rings. The molecule has 62 valence electrons. The van der Waals surface area contributed by atoms with E-state index in [1.165, 1.54) is 0 Å². The van der Waals surface area contributed by atoms with Crippen LogP contribution < -0.4 is 0 Å². The summed E-state index contributed by atoms with van der Waals surface area (Å²) in [4.78, 5) is 0. The number of rotatable bonds is 1. The van der Waals surface area contributed by atoms with Crippen molar-refractivity contribution in [3.63, 3.8) is 0 Å². The van der Waals surface area contributed by atoms with Gasteiger partial charge < -0.3 is 5.11 Å². The molecule has 0 fully saturated rings. The maximum absolute atomic E-state index is 8.61. The number of benzene rings is 1. The second kappa shape index (κ2) is 6.38. The first kappa shape index (κ1) is 10.7. The number of halogens is 1. The molecule has 0 aromatic heterocycles. The van der Waals surface area contributed by atoms with E-state index in [1.807, 2.05) is 38.1 Å². The lowest BCUT2D eigenvalue weighted by atomic mass is 10.2. The first-order valence-corrected chi connectivity index (χ1v) is 4.47. The fourth-order valence-corrected chi connectivity index (χ4v) is 0.854. The van der Waals surface area contributed by atoms with Crippen molar-refractivity contribution >= 4 is 15.9 Å². The third-order valence-corrected chi connectivity index (χ3v) is 1.62. The Bertz CT molecular complexity index is 181. The molecule has 1 nitrogen and oxygen atoms in total. The van der Waals surface area contributed by atoms with E-state index < -0.39 is 0 Å². The molecule has 0 bridgehead atoms. The minimum absolute atomic E-state index is 0.118. The van der Waals surface area contributed by atoms with Crippen LogP contribution in [0, 0.1) is 0 Å². The van der Waals surface area contributed by atoms with E-state index in [9.17, 15) is 0 Å². The number of hydrogen-bond acceptors (Lipinski definition) is 1. The fraction of sp³-hybridized carbons (Fsp3) is 0.333. The molecule has 0 saturated carbocycles. The van der Waals surface area contributed by atoms with Crippen molar-refractivity contribution in [2.75, 3.05) is 0 Å². The molecular weight excluding hydrogens is 204 g/mol. The zero-order valence-electron chi connectivity index (χ0n) is 6.84. The first-order chi connectivity index (χ1) is 5.33. The van der Waals surface area contributed by atoms with Crippen molar-refractivity contribution in [3.8, 4) is 0 Å². The Labute approximate surface area is 76.2 Å². The number of aliphatic hydroxyl groups is 1. The van der Waals surface area contributed by atoms with E-state index in [-0.39, 0.29) is 6.61 Å². The zero-order chi connectivity index (χ0) is 8.69. The summed E-state index contributed by atoms with van der Waals surface area (Å²) >= 11 is 3.29. The molecule has 0 heterocycles. The van der Waals surface area contributed by atoms with Gasteiger partial charge in [-0.25, -0.2) is 0 Å². The second-order valence-corrected chi connectivity index (χ2v) is 2.70. The smallest absolute Gasteiger partial charge is 0.0681 e. The molecule has 1 N–H and O–H groups in total. The van der Waals surface area contributed by atoms with Crippen LogP contribution in [0.25, 0.3) is 0 Å². The van der Waals surface area contributed by atoms with E-state index in [0.29, 0.717) is 0 Å². The Kier molecular flexibility index (Phi) is 6.18.